The summed E-state index contributed by atoms with van der Waals surface area (Å²) in [5.74, 6) is 0.157. The van der Waals surface area contributed by atoms with Gasteiger partial charge in [0.2, 0.25) is 0 Å². The predicted octanol–water partition coefficient (Wildman–Crippen LogP) is 3.04. The number of hydrogen-bond donors (Lipinski definition) is 1. The van der Waals surface area contributed by atoms with Crippen molar-refractivity contribution in [2.75, 3.05) is 27.7 Å². The van der Waals surface area contributed by atoms with E-state index in [9.17, 15) is 5.11 Å². The Bertz CT molecular complexity index is 482. The summed E-state index contributed by atoms with van der Waals surface area (Å²) in [5, 5.41) is 11.2. The highest BCUT2D eigenvalue weighted by Gasteiger charge is 2.38. The summed E-state index contributed by atoms with van der Waals surface area (Å²) < 4.78 is 22.3. The van der Waals surface area contributed by atoms with Gasteiger partial charge >= 0.3 is 0 Å². The van der Waals surface area contributed by atoms with E-state index in [1.807, 2.05) is 24.3 Å². The summed E-state index contributed by atoms with van der Waals surface area (Å²) in [7, 11) is 5.06. The van der Waals surface area contributed by atoms with Crippen LogP contribution in [0.4, 0.5) is 0 Å². The SMILES string of the molecule is [2H]C([2H])([C@H](c1ccc(OC)cc1)C1(O)CCCCC1)N(C)C. The highest BCUT2D eigenvalue weighted by atomic mass is 16.5. The number of likely N-dealkylation sites (N-methyl/N-ethyl adjacent to an activating group) is 1. The van der Waals surface area contributed by atoms with E-state index in [1.165, 1.54) is 0 Å². The van der Waals surface area contributed by atoms with Crippen molar-refractivity contribution in [2.45, 2.75) is 43.6 Å². The van der Waals surface area contributed by atoms with Crippen LogP contribution in [0.3, 0.4) is 0 Å². The minimum Gasteiger partial charge on any atom is -0.497 e. The highest BCUT2D eigenvalue weighted by Crippen LogP contribution is 2.40. The molecule has 1 fully saturated rings. The fourth-order valence-corrected chi connectivity index (χ4v) is 3.01. The molecule has 0 aromatic heterocycles. The second-order valence-electron chi connectivity index (χ2n) is 5.89. The zero-order valence-corrected chi connectivity index (χ0v) is 12.7. The van der Waals surface area contributed by atoms with Crippen LogP contribution in [0, 0.1) is 0 Å². The monoisotopic (exact) mass is 279 g/mol. The minimum atomic E-state index is -1.62. The molecule has 0 radical (unpaired) electrons. The molecular formula is C17H27NO2. The van der Waals surface area contributed by atoms with Crippen LogP contribution < -0.4 is 4.74 Å². The topological polar surface area (TPSA) is 32.7 Å². The normalized spacial score (nSPS) is 22.1. The quantitative estimate of drug-likeness (QED) is 0.899. The molecule has 0 heterocycles. The lowest BCUT2D eigenvalue weighted by Crippen LogP contribution is -2.42. The second-order valence-corrected chi connectivity index (χ2v) is 5.89. The van der Waals surface area contributed by atoms with E-state index in [0.29, 0.717) is 12.8 Å². The number of methoxy groups -OCH3 is 1. The molecular weight excluding hydrogens is 250 g/mol. The molecule has 1 N–H and O–H groups in total. The van der Waals surface area contributed by atoms with E-state index in [2.05, 4.69) is 0 Å². The molecule has 0 unspecified atom stereocenters. The molecule has 1 atom stereocenters. The summed E-state index contributed by atoms with van der Waals surface area (Å²) in [6.45, 7) is -1.62. The first-order chi connectivity index (χ1) is 10.3. The van der Waals surface area contributed by atoms with Gasteiger partial charge in [0.1, 0.15) is 5.75 Å². The molecule has 0 bridgehead atoms. The maximum atomic E-state index is 11.2. The van der Waals surface area contributed by atoms with Crippen molar-refractivity contribution in [2.24, 2.45) is 0 Å². The van der Waals surface area contributed by atoms with Crippen molar-refractivity contribution in [3.8, 4) is 5.75 Å². The van der Waals surface area contributed by atoms with Crippen LogP contribution in [-0.4, -0.2) is 43.3 Å². The van der Waals surface area contributed by atoms with Crippen LogP contribution >= 0.6 is 0 Å². The van der Waals surface area contributed by atoms with E-state index in [1.54, 1.807) is 26.1 Å². The number of rotatable bonds is 5. The Hall–Kier alpha value is -1.06. The number of nitrogens with zero attached hydrogens (tertiary/aromatic N) is 1. The first-order valence-corrected chi connectivity index (χ1v) is 7.35. The van der Waals surface area contributed by atoms with Gasteiger partial charge in [-0.1, -0.05) is 31.4 Å². The van der Waals surface area contributed by atoms with Crippen LogP contribution in [0.2, 0.25) is 0 Å². The molecule has 0 amide bonds. The van der Waals surface area contributed by atoms with Crippen LogP contribution in [-0.2, 0) is 0 Å². The maximum Gasteiger partial charge on any atom is 0.118 e. The Balaban J connectivity index is 2.44. The third-order valence-corrected chi connectivity index (χ3v) is 4.09. The number of hydrogen-bond acceptors (Lipinski definition) is 3. The van der Waals surface area contributed by atoms with Crippen LogP contribution in [0.15, 0.2) is 24.3 Å². The van der Waals surface area contributed by atoms with Crippen molar-refractivity contribution in [1.82, 2.24) is 4.90 Å². The van der Waals surface area contributed by atoms with E-state index < -0.39 is 18.0 Å². The average Bonchev–Trinajstić information content (AvgIpc) is 2.48. The first kappa shape index (κ1) is 12.7. The van der Waals surface area contributed by atoms with Crippen molar-refractivity contribution < 1.29 is 12.6 Å². The zero-order chi connectivity index (χ0) is 16.4. The molecule has 1 saturated carbocycles. The molecule has 20 heavy (non-hydrogen) atoms. The van der Waals surface area contributed by atoms with E-state index in [4.69, 9.17) is 7.48 Å². The summed E-state index contributed by atoms with van der Waals surface area (Å²) in [6, 6.07) is 7.41. The Morgan fingerprint density at radius 2 is 1.85 bits per heavy atom. The van der Waals surface area contributed by atoms with Gasteiger partial charge in [0.05, 0.1) is 12.7 Å². The molecule has 3 nitrogen and oxygen atoms in total. The average molecular weight is 279 g/mol. The van der Waals surface area contributed by atoms with E-state index >= 15 is 0 Å². The van der Waals surface area contributed by atoms with Crippen molar-refractivity contribution in [3.05, 3.63) is 29.8 Å². The van der Waals surface area contributed by atoms with Gasteiger partial charge < -0.3 is 14.7 Å². The van der Waals surface area contributed by atoms with Gasteiger partial charge in [-0.25, -0.2) is 0 Å². The van der Waals surface area contributed by atoms with Crippen molar-refractivity contribution in [3.63, 3.8) is 0 Å². The Kier molecular flexibility index (Phi) is 4.18. The molecule has 112 valence electrons. The Morgan fingerprint density at radius 1 is 1.25 bits per heavy atom. The molecule has 2 rings (SSSR count). The fourth-order valence-electron chi connectivity index (χ4n) is 3.01. The van der Waals surface area contributed by atoms with Gasteiger partial charge in [-0.15, -0.1) is 0 Å². The van der Waals surface area contributed by atoms with Gasteiger partial charge in [-0.05, 0) is 44.6 Å². The van der Waals surface area contributed by atoms with Gasteiger partial charge in [0, 0.05) is 15.2 Å². The van der Waals surface area contributed by atoms with E-state index in [-0.39, 0.29) is 0 Å². The molecule has 3 heteroatoms. The third kappa shape index (κ3) is 3.53. The lowest BCUT2D eigenvalue weighted by molar-refractivity contribution is -0.0277. The van der Waals surface area contributed by atoms with Gasteiger partial charge in [-0.2, -0.15) is 0 Å². The largest absolute Gasteiger partial charge is 0.497 e. The van der Waals surface area contributed by atoms with Crippen molar-refractivity contribution >= 4 is 0 Å². The lowest BCUT2D eigenvalue weighted by Gasteiger charge is -2.40. The summed E-state index contributed by atoms with van der Waals surface area (Å²) in [4.78, 5) is 1.56. The third-order valence-electron chi connectivity index (χ3n) is 4.09. The van der Waals surface area contributed by atoms with Gasteiger partial charge in [-0.3, -0.25) is 0 Å². The van der Waals surface area contributed by atoms with Gasteiger partial charge in [0.15, 0.2) is 0 Å². The predicted molar refractivity (Wildman–Crippen MR) is 82.3 cm³/mol. The molecule has 1 aromatic carbocycles. The number of ether oxygens (including phenoxy) is 1. The second kappa shape index (κ2) is 6.59. The summed E-state index contributed by atoms with van der Waals surface area (Å²) in [5.41, 5.74) is -0.176. The maximum absolute atomic E-state index is 11.2. The summed E-state index contributed by atoms with van der Waals surface area (Å²) >= 11 is 0. The molecule has 1 aliphatic rings. The molecule has 0 saturated heterocycles. The van der Waals surface area contributed by atoms with Gasteiger partial charge in [0.25, 0.3) is 0 Å². The number of benzene rings is 1. The molecule has 1 aromatic rings. The highest BCUT2D eigenvalue weighted by molar-refractivity contribution is 5.31. The van der Waals surface area contributed by atoms with Crippen LogP contribution in [0.25, 0.3) is 0 Å². The summed E-state index contributed by atoms with van der Waals surface area (Å²) in [6.07, 6.45) is 4.32. The Morgan fingerprint density at radius 3 is 2.35 bits per heavy atom. The molecule has 0 spiro atoms. The first-order valence-electron chi connectivity index (χ1n) is 8.35. The standard InChI is InChI=1S/C17H27NO2/c1-18(2)13-16(17(19)11-5-4-6-12-17)14-7-9-15(20-3)10-8-14/h7-10,16,19H,4-6,11-13H2,1-3H3/t16-/m1/s1/i13D2. The van der Waals surface area contributed by atoms with Crippen LogP contribution in [0.5, 0.6) is 5.75 Å². The minimum absolute atomic E-state index is 0.582. The smallest absolute Gasteiger partial charge is 0.118 e. The molecule has 1 aliphatic carbocycles. The number of aliphatic hydroxyl groups is 1. The fraction of sp³-hybridized carbons (Fsp3) is 0.647. The van der Waals surface area contributed by atoms with Crippen molar-refractivity contribution in [1.29, 1.82) is 0 Å². The molecule has 0 aliphatic heterocycles. The lowest BCUT2D eigenvalue weighted by atomic mass is 9.72. The van der Waals surface area contributed by atoms with E-state index in [0.717, 1.165) is 30.6 Å². The Labute approximate surface area is 125 Å². The van der Waals surface area contributed by atoms with Crippen LogP contribution in [0.1, 0.15) is 46.3 Å². The zero-order valence-electron chi connectivity index (χ0n) is 14.7.